The molecule has 2 aliphatic heterocycles. The molecule has 11 heteroatoms. The van der Waals surface area contributed by atoms with Crippen LogP contribution in [-0.4, -0.2) is 67.7 Å². The van der Waals surface area contributed by atoms with Crippen LogP contribution in [-0.2, 0) is 10.8 Å². The summed E-state index contributed by atoms with van der Waals surface area (Å²) >= 11 is 0. The third-order valence-corrected chi connectivity index (χ3v) is 15.3. The summed E-state index contributed by atoms with van der Waals surface area (Å²) < 4.78 is 72.5. The fraction of sp³-hybridized carbons (Fsp3) is 0.359. The summed E-state index contributed by atoms with van der Waals surface area (Å²) in [5.74, 6) is -4.94. The minimum absolute atomic E-state index is 0.0650. The third-order valence-electron chi connectivity index (χ3n) is 10.3. The first-order valence-corrected chi connectivity index (χ1v) is 19.1. The van der Waals surface area contributed by atoms with Crippen LogP contribution < -0.4 is 21.0 Å². The molecule has 0 aliphatic carbocycles. The molecule has 0 saturated carbocycles. The number of aromatic nitrogens is 2. The van der Waals surface area contributed by atoms with E-state index in [-0.39, 0.29) is 11.6 Å². The number of hydrogen-bond donors (Lipinski definition) is 3. The maximum atomic E-state index is 16.7. The smallest absolute Gasteiger partial charge is 0.282 e. The molecule has 1 saturated heterocycles. The predicted octanol–water partition coefficient (Wildman–Crippen LogP) is 6.77. The zero-order valence-electron chi connectivity index (χ0n) is 28.7. The molecule has 0 amide bonds. The van der Waals surface area contributed by atoms with Gasteiger partial charge in [-0.3, -0.25) is 10.00 Å². The number of aromatic amines is 1. The highest BCUT2D eigenvalue weighted by molar-refractivity contribution is 6.99. The molecule has 1 aromatic heterocycles. The van der Waals surface area contributed by atoms with Crippen molar-refractivity contribution < 1.29 is 22.0 Å². The summed E-state index contributed by atoms with van der Waals surface area (Å²) in [5.41, 5.74) is 2.28. The Balaban J connectivity index is 1.27. The van der Waals surface area contributed by atoms with Crippen molar-refractivity contribution in [2.75, 3.05) is 31.6 Å². The molecule has 3 N–H and O–H groups in total. The molecule has 3 heterocycles. The van der Waals surface area contributed by atoms with Gasteiger partial charge >= 0.3 is 0 Å². The molecule has 0 spiro atoms. The topological polar surface area (TPSA) is 65.2 Å². The average molecular weight is 702 g/mol. The van der Waals surface area contributed by atoms with E-state index in [0.717, 1.165) is 26.8 Å². The molecule has 4 aromatic carbocycles. The van der Waals surface area contributed by atoms with Gasteiger partial charge in [-0.15, -0.1) is 0 Å². The second-order valence-electron chi connectivity index (χ2n) is 14.8. The van der Waals surface area contributed by atoms with Crippen LogP contribution in [0.15, 0.2) is 91.1 Å². The fourth-order valence-corrected chi connectivity index (χ4v) is 12.4. The Morgan fingerprint density at radius 3 is 2.10 bits per heavy atom. The average Bonchev–Trinajstić information content (AvgIpc) is 3.54. The number of anilines is 1. The number of rotatable bonds is 10. The quantitative estimate of drug-likeness (QED) is 0.111. The first kappa shape index (κ1) is 34.4. The van der Waals surface area contributed by atoms with Crippen LogP contribution in [0.5, 0.6) is 0 Å². The van der Waals surface area contributed by atoms with Crippen LogP contribution in [0.4, 0.5) is 23.2 Å². The monoisotopic (exact) mass is 701 g/mol. The van der Waals surface area contributed by atoms with Crippen molar-refractivity contribution >= 4 is 35.3 Å². The molecule has 7 rings (SSSR count). The first-order chi connectivity index (χ1) is 23.9. The number of nitrogens with one attached hydrogen (secondary N) is 3. The zero-order chi connectivity index (χ0) is 35.3. The van der Waals surface area contributed by atoms with Crippen molar-refractivity contribution in [1.29, 1.82) is 0 Å². The molecule has 0 radical (unpaired) electrons. The lowest BCUT2D eigenvalue weighted by atomic mass is 9.83. The highest BCUT2D eigenvalue weighted by Gasteiger charge is 2.52. The van der Waals surface area contributed by atoms with E-state index >= 15 is 17.6 Å². The van der Waals surface area contributed by atoms with E-state index in [9.17, 15) is 0 Å². The van der Waals surface area contributed by atoms with Crippen molar-refractivity contribution in [3.8, 4) is 0 Å². The lowest BCUT2D eigenvalue weighted by molar-refractivity contribution is -0.0822. The molecule has 6 nitrogen and oxygen atoms in total. The van der Waals surface area contributed by atoms with Crippen molar-refractivity contribution in [3.63, 3.8) is 0 Å². The standard InChI is InChI=1S/C39H43F4N5OSi/c1-25-17-31-30(15-16-35-32(31)22-45-47-35)37(36-33(40)18-26(19-34(36)41)46-27-20-44-21-27)48(25)23-39(42,43)24-49-50(38(2,3)4,28-11-7-5-8-12-28)29-13-9-6-10-14-29/h5-16,18-19,22,25,27,37,44,46H,17,20-21,23-24H2,1-4H3,(H,45,47)/t25-,37+/m1/s1. The summed E-state index contributed by atoms with van der Waals surface area (Å²) in [7, 11) is -3.28. The van der Waals surface area contributed by atoms with Gasteiger partial charge in [0.2, 0.25) is 0 Å². The molecule has 5 aromatic rings. The SMILES string of the molecule is C[C@@H]1Cc2c(ccc3[nH]ncc23)[C@@H](c2c(F)cc(NC3CNC3)cc2F)N1CC(F)(F)CO[Si](c1ccccc1)(c1ccccc1)C(C)(C)C. The van der Waals surface area contributed by atoms with Gasteiger partial charge in [0.1, 0.15) is 11.6 Å². The van der Waals surface area contributed by atoms with E-state index in [2.05, 4.69) is 20.8 Å². The molecular formula is C39H43F4N5OSi. The van der Waals surface area contributed by atoms with E-state index in [0.29, 0.717) is 30.8 Å². The second-order valence-corrected chi connectivity index (χ2v) is 19.1. The van der Waals surface area contributed by atoms with Gasteiger partial charge in [-0.05, 0) is 58.1 Å². The van der Waals surface area contributed by atoms with Crippen molar-refractivity contribution in [3.05, 3.63) is 119 Å². The maximum absolute atomic E-state index is 16.7. The normalized spacial score (nSPS) is 19.0. The predicted molar refractivity (Wildman–Crippen MR) is 193 cm³/mol. The van der Waals surface area contributed by atoms with E-state index < -0.39 is 56.1 Å². The Morgan fingerprint density at radius 1 is 0.920 bits per heavy atom. The molecular weight excluding hydrogens is 659 g/mol. The largest absolute Gasteiger partial charge is 0.401 e. The Hall–Kier alpha value is -4.03. The zero-order valence-corrected chi connectivity index (χ0v) is 29.7. The number of alkyl halides is 2. The molecule has 1 fully saturated rings. The lowest BCUT2D eigenvalue weighted by Gasteiger charge is -2.46. The number of fused-ring (bicyclic) bond motifs is 3. The van der Waals surface area contributed by atoms with Gasteiger partial charge < -0.3 is 15.1 Å². The van der Waals surface area contributed by atoms with Gasteiger partial charge in [-0.2, -0.15) is 5.10 Å². The molecule has 2 aliphatic rings. The van der Waals surface area contributed by atoms with Crippen molar-refractivity contribution in [2.24, 2.45) is 0 Å². The third kappa shape index (κ3) is 6.25. The van der Waals surface area contributed by atoms with Gasteiger partial charge in [0.25, 0.3) is 14.2 Å². The highest BCUT2D eigenvalue weighted by atomic mass is 28.4. The Kier molecular flexibility index (Phi) is 9.13. The van der Waals surface area contributed by atoms with Gasteiger partial charge in [-0.1, -0.05) is 87.5 Å². The first-order valence-electron chi connectivity index (χ1n) is 17.2. The Bertz CT molecular complexity index is 1900. The van der Waals surface area contributed by atoms with Gasteiger partial charge in [0.15, 0.2) is 0 Å². The van der Waals surface area contributed by atoms with Crippen LogP contribution >= 0.6 is 0 Å². The number of H-pyrrole nitrogens is 1. The summed E-state index contributed by atoms with van der Waals surface area (Å²) in [4.78, 5) is 1.55. The van der Waals surface area contributed by atoms with Gasteiger partial charge in [-0.25, -0.2) is 17.6 Å². The Labute approximate surface area is 291 Å². The van der Waals surface area contributed by atoms with Crippen LogP contribution in [0.2, 0.25) is 5.04 Å². The van der Waals surface area contributed by atoms with E-state index in [1.54, 1.807) is 23.2 Å². The fourth-order valence-electron chi connectivity index (χ4n) is 7.83. The van der Waals surface area contributed by atoms with Gasteiger partial charge in [0.05, 0.1) is 36.9 Å². The van der Waals surface area contributed by atoms with E-state index in [4.69, 9.17) is 4.43 Å². The van der Waals surface area contributed by atoms with Crippen LogP contribution in [0.25, 0.3) is 10.9 Å². The highest BCUT2D eigenvalue weighted by Crippen LogP contribution is 2.44. The summed E-state index contributed by atoms with van der Waals surface area (Å²) in [6.45, 7) is 7.73. The second kappa shape index (κ2) is 13.3. The summed E-state index contributed by atoms with van der Waals surface area (Å²) in [5, 5.41) is 15.5. The maximum Gasteiger partial charge on any atom is 0.282 e. The summed E-state index contributed by atoms with van der Waals surface area (Å²) in [6.07, 6.45) is 2.10. The lowest BCUT2D eigenvalue weighted by Crippen LogP contribution is -2.67. The molecule has 0 unspecified atom stereocenters. The number of nitrogens with zero attached hydrogens (tertiary/aromatic N) is 2. The summed E-state index contributed by atoms with van der Waals surface area (Å²) in [6, 6.07) is 23.9. The van der Waals surface area contributed by atoms with Gasteiger partial charge in [0, 0.05) is 35.8 Å². The minimum Gasteiger partial charge on any atom is -0.401 e. The number of hydrogen-bond acceptors (Lipinski definition) is 5. The number of benzene rings is 4. The van der Waals surface area contributed by atoms with Crippen LogP contribution in [0.3, 0.4) is 0 Å². The van der Waals surface area contributed by atoms with Crippen molar-refractivity contribution in [1.82, 2.24) is 20.4 Å². The van der Waals surface area contributed by atoms with E-state index in [1.165, 1.54) is 12.1 Å². The van der Waals surface area contributed by atoms with Crippen LogP contribution in [0.1, 0.15) is 50.4 Å². The van der Waals surface area contributed by atoms with Crippen molar-refractivity contribution in [2.45, 2.75) is 63.2 Å². The minimum atomic E-state index is -3.37. The molecule has 50 heavy (non-hydrogen) atoms. The number of halogens is 4. The molecule has 0 bridgehead atoms. The van der Waals surface area contributed by atoms with Crippen LogP contribution in [0, 0.1) is 11.6 Å². The Morgan fingerprint density at radius 2 is 1.54 bits per heavy atom. The molecule has 2 atom stereocenters. The molecule has 262 valence electrons. The van der Waals surface area contributed by atoms with E-state index in [1.807, 2.05) is 88.4 Å².